The SMILES string of the molecule is O=C(c1ccc(COc2ccc3ccccc3c2)o1)N1CCC(n2c(=O)[nH]c3ccccc32)CC1. The van der Waals surface area contributed by atoms with Gasteiger partial charge in [-0.05, 0) is 60.0 Å². The van der Waals surface area contributed by atoms with E-state index in [1.165, 1.54) is 0 Å². The van der Waals surface area contributed by atoms with Gasteiger partial charge in [-0.1, -0.05) is 42.5 Å². The first-order chi connectivity index (χ1) is 17.2. The summed E-state index contributed by atoms with van der Waals surface area (Å²) in [6, 6.07) is 25.3. The number of carbonyl (C=O) groups is 1. The second kappa shape index (κ2) is 8.83. The van der Waals surface area contributed by atoms with Gasteiger partial charge < -0.3 is 19.0 Å². The Bertz CT molecular complexity index is 1570. The molecule has 1 N–H and O–H groups in total. The molecule has 0 bridgehead atoms. The molecule has 7 heteroatoms. The molecule has 0 spiro atoms. The summed E-state index contributed by atoms with van der Waals surface area (Å²) in [5.74, 6) is 1.53. The smallest absolute Gasteiger partial charge is 0.326 e. The number of likely N-dealkylation sites (tertiary alicyclic amines) is 1. The first-order valence-electron chi connectivity index (χ1n) is 11.8. The van der Waals surface area contributed by atoms with Crippen molar-refractivity contribution in [3.8, 4) is 5.75 Å². The molecule has 1 amide bonds. The van der Waals surface area contributed by atoms with Crippen LogP contribution in [0.1, 0.15) is 35.2 Å². The number of amides is 1. The molecule has 3 aromatic carbocycles. The van der Waals surface area contributed by atoms with Crippen LogP contribution in [-0.4, -0.2) is 33.4 Å². The van der Waals surface area contributed by atoms with Gasteiger partial charge in [-0.2, -0.15) is 0 Å². The van der Waals surface area contributed by atoms with Crippen LogP contribution < -0.4 is 10.4 Å². The standard InChI is InChI=1S/C28H25N3O4/c32-27(30-15-13-21(14-16-30)31-25-8-4-3-7-24(25)29-28(31)33)26-12-11-23(35-26)18-34-22-10-9-19-5-1-2-6-20(19)17-22/h1-12,17,21H,13-16,18H2,(H,29,33). The monoisotopic (exact) mass is 467 g/mol. The van der Waals surface area contributed by atoms with Crippen molar-refractivity contribution in [3.05, 3.63) is 101 Å². The van der Waals surface area contributed by atoms with Crippen molar-refractivity contribution >= 4 is 27.7 Å². The van der Waals surface area contributed by atoms with Gasteiger partial charge in [0.1, 0.15) is 18.1 Å². The number of hydrogen-bond acceptors (Lipinski definition) is 4. The van der Waals surface area contributed by atoms with E-state index in [1.807, 2.05) is 65.2 Å². The number of nitrogens with zero attached hydrogens (tertiary/aromatic N) is 2. The predicted octanol–water partition coefficient (Wildman–Crippen LogP) is 5.13. The first-order valence-corrected chi connectivity index (χ1v) is 11.8. The molecule has 0 unspecified atom stereocenters. The van der Waals surface area contributed by atoms with Crippen molar-refractivity contribution in [2.45, 2.75) is 25.5 Å². The molecule has 6 rings (SSSR count). The molecule has 1 fully saturated rings. The molecule has 3 heterocycles. The topological polar surface area (TPSA) is 80.5 Å². The minimum absolute atomic E-state index is 0.0604. The Morgan fingerprint density at radius 1 is 0.943 bits per heavy atom. The summed E-state index contributed by atoms with van der Waals surface area (Å²) < 4.78 is 13.5. The van der Waals surface area contributed by atoms with Crippen LogP contribution in [0.3, 0.4) is 0 Å². The van der Waals surface area contributed by atoms with Gasteiger partial charge in [-0.25, -0.2) is 4.79 Å². The number of fused-ring (bicyclic) bond motifs is 2. The molecule has 176 valence electrons. The van der Waals surface area contributed by atoms with E-state index in [4.69, 9.17) is 9.15 Å². The van der Waals surface area contributed by atoms with Gasteiger partial charge >= 0.3 is 5.69 Å². The molecule has 0 atom stereocenters. The molecule has 35 heavy (non-hydrogen) atoms. The van der Waals surface area contributed by atoms with Crippen LogP contribution in [0.5, 0.6) is 5.75 Å². The zero-order valence-corrected chi connectivity index (χ0v) is 19.1. The molecule has 5 aromatic rings. The number of para-hydroxylation sites is 2. The maximum Gasteiger partial charge on any atom is 0.326 e. The van der Waals surface area contributed by atoms with Crippen molar-refractivity contribution in [3.63, 3.8) is 0 Å². The van der Waals surface area contributed by atoms with Crippen LogP contribution in [0.4, 0.5) is 0 Å². The highest BCUT2D eigenvalue weighted by Crippen LogP contribution is 2.26. The fourth-order valence-corrected chi connectivity index (χ4v) is 4.90. The molecule has 1 saturated heterocycles. The number of ether oxygens (including phenoxy) is 1. The second-order valence-electron chi connectivity index (χ2n) is 8.90. The molecule has 0 aliphatic carbocycles. The van der Waals surface area contributed by atoms with Crippen LogP contribution in [0.15, 0.2) is 88.1 Å². The van der Waals surface area contributed by atoms with Gasteiger partial charge in [0.15, 0.2) is 5.76 Å². The van der Waals surface area contributed by atoms with E-state index in [0.717, 1.165) is 27.6 Å². The third kappa shape index (κ3) is 4.10. The number of aromatic amines is 1. The van der Waals surface area contributed by atoms with Crippen LogP contribution in [-0.2, 0) is 6.61 Å². The summed E-state index contributed by atoms with van der Waals surface area (Å²) >= 11 is 0. The normalized spacial score (nSPS) is 14.6. The Morgan fingerprint density at radius 2 is 1.71 bits per heavy atom. The average molecular weight is 468 g/mol. The molecular formula is C28H25N3O4. The van der Waals surface area contributed by atoms with Crippen LogP contribution in [0.25, 0.3) is 21.8 Å². The lowest BCUT2D eigenvalue weighted by molar-refractivity contribution is 0.0659. The third-order valence-electron chi connectivity index (χ3n) is 6.72. The lowest BCUT2D eigenvalue weighted by Gasteiger charge is -2.32. The lowest BCUT2D eigenvalue weighted by atomic mass is 10.0. The van der Waals surface area contributed by atoms with E-state index in [-0.39, 0.29) is 24.2 Å². The average Bonchev–Trinajstić information content (AvgIpc) is 3.51. The number of carbonyl (C=O) groups excluding carboxylic acids is 1. The summed E-state index contributed by atoms with van der Waals surface area (Å²) in [6.07, 6.45) is 1.43. The molecule has 0 saturated carbocycles. The molecule has 1 aliphatic rings. The highest BCUT2D eigenvalue weighted by Gasteiger charge is 2.28. The minimum atomic E-state index is -0.133. The van der Waals surface area contributed by atoms with E-state index >= 15 is 0 Å². The number of nitrogens with one attached hydrogen (secondary N) is 1. The fraction of sp³-hybridized carbons (Fsp3) is 0.214. The zero-order chi connectivity index (χ0) is 23.8. The van der Waals surface area contributed by atoms with Gasteiger partial charge in [0.25, 0.3) is 5.91 Å². The Hall–Kier alpha value is -4.26. The Labute approximate surface area is 201 Å². The van der Waals surface area contributed by atoms with Gasteiger partial charge in [0.2, 0.25) is 0 Å². The number of imidazole rings is 1. The van der Waals surface area contributed by atoms with Crippen molar-refractivity contribution < 1.29 is 13.9 Å². The van der Waals surface area contributed by atoms with Crippen molar-refractivity contribution in [1.82, 2.24) is 14.5 Å². The Kier molecular flexibility index (Phi) is 5.37. The number of rotatable bonds is 5. The van der Waals surface area contributed by atoms with Crippen molar-refractivity contribution in [2.24, 2.45) is 0 Å². The number of furan rings is 1. The summed E-state index contributed by atoms with van der Waals surface area (Å²) in [4.78, 5) is 30.2. The first kappa shape index (κ1) is 21.3. The highest BCUT2D eigenvalue weighted by atomic mass is 16.5. The Morgan fingerprint density at radius 3 is 2.57 bits per heavy atom. The maximum absolute atomic E-state index is 13.0. The molecule has 1 aliphatic heterocycles. The molecule has 0 radical (unpaired) electrons. The Balaban J connectivity index is 1.08. The van der Waals surface area contributed by atoms with Gasteiger partial charge in [0.05, 0.1) is 11.0 Å². The summed E-state index contributed by atoms with van der Waals surface area (Å²) in [5, 5.41) is 2.27. The van der Waals surface area contributed by atoms with E-state index in [9.17, 15) is 9.59 Å². The van der Waals surface area contributed by atoms with Gasteiger partial charge in [0, 0.05) is 19.1 Å². The second-order valence-corrected chi connectivity index (χ2v) is 8.90. The third-order valence-corrected chi connectivity index (χ3v) is 6.72. The molecule has 7 nitrogen and oxygen atoms in total. The predicted molar refractivity (Wildman–Crippen MR) is 134 cm³/mol. The van der Waals surface area contributed by atoms with Crippen LogP contribution in [0, 0.1) is 0 Å². The number of H-pyrrole nitrogens is 1. The van der Waals surface area contributed by atoms with E-state index in [1.54, 1.807) is 17.0 Å². The van der Waals surface area contributed by atoms with E-state index < -0.39 is 0 Å². The quantitative estimate of drug-likeness (QED) is 0.389. The summed E-state index contributed by atoms with van der Waals surface area (Å²) in [7, 11) is 0. The summed E-state index contributed by atoms with van der Waals surface area (Å²) in [6.45, 7) is 1.38. The number of hydrogen-bond donors (Lipinski definition) is 1. The van der Waals surface area contributed by atoms with Crippen LogP contribution >= 0.6 is 0 Å². The minimum Gasteiger partial charge on any atom is -0.486 e. The number of aromatic nitrogens is 2. The lowest BCUT2D eigenvalue weighted by Crippen LogP contribution is -2.40. The molecule has 2 aromatic heterocycles. The fourth-order valence-electron chi connectivity index (χ4n) is 4.90. The van der Waals surface area contributed by atoms with Crippen LogP contribution in [0.2, 0.25) is 0 Å². The van der Waals surface area contributed by atoms with E-state index in [0.29, 0.717) is 37.5 Å². The van der Waals surface area contributed by atoms with Crippen molar-refractivity contribution in [1.29, 1.82) is 0 Å². The molecular weight excluding hydrogens is 442 g/mol. The van der Waals surface area contributed by atoms with Gasteiger partial charge in [-0.15, -0.1) is 0 Å². The highest BCUT2D eigenvalue weighted by molar-refractivity contribution is 5.91. The van der Waals surface area contributed by atoms with Gasteiger partial charge in [-0.3, -0.25) is 9.36 Å². The zero-order valence-electron chi connectivity index (χ0n) is 19.1. The van der Waals surface area contributed by atoms with E-state index in [2.05, 4.69) is 11.1 Å². The number of piperidine rings is 1. The van der Waals surface area contributed by atoms with Crippen molar-refractivity contribution in [2.75, 3.05) is 13.1 Å². The summed E-state index contributed by atoms with van der Waals surface area (Å²) in [5.41, 5.74) is 1.65. The largest absolute Gasteiger partial charge is 0.486 e. The number of benzene rings is 3. The maximum atomic E-state index is 13.0.